The van der Waals surface area contributed by atoms with Gasteiger partial charge >= 0.3 is 5.97 Å². The third-order valence-corrected chi connectivity index (χ3v) is 4.15. The Bertz CT molecular complexity index is 623. The number of rotatable bonds is 4. The van der Waals surface area contributed by atoms with Crippen molar-refractivity contribution in [1.82, 2.24) is 4.90 Å². The van der Waals surface area contributed by atoms with E-state index in [0.717, 1.165) is 25.9 Å². The summed E-state index contributed by atoms with van der Waals surface area (Å²) in [5.41, 5.74) is 1.32. The summed E-state index contributed by atoms with van der Waals surface area (Å²) >= 11 is 0. The van der Waals surface area contributed by atoms with Crippen LogP contribution in [-0.2, 0) is 11.2 Å². The van der Waals surface area contributed by atoms with Crippen molar-refractivity contribution in [3.63, 3.8) is 0 Å². The number of carbonyl (C=O) groups is 1. The van der Waals surface area contributed by atoms with Crippen LogP contribution in [0.25, 0.3) is 10.8 Å². The van der Waals surface area contributed by atoms with E-state index in [1.54, 1.807) is 0 Å². The summed E-state index contributed by atoms with van der Waals surface area (Å²) in [6.07, 6.45) is 1.77. The molecule has 1 N–H and O–H groups in total. The summed E-state index contributed by atoms with van der Waals surface area (Å²) in [5, 5.41) is 11.5. The predicted molar refractivity (Wildman–Crippen MR) is 79.8 cm³/mol. The van der Waals surface area contributed by atoms with Crippen molar-refractivity contribution in [1.29, 1.82) is 0 Å². The van der Waals surface area contributed by atoms with Crippen LogP contribution >= 0.6 is 0 Å². The molecule has 1 atom stereocenters. The number of hydrogen-bond donors (Lipinski definition) is 1. The summed E-state index contributed by atoms with van der Waals surface area (Å²) < 4.78 is 0. The number of fused-ring (bicyclic) bond motifs is 1. The first-order valence-electron chi connectivity index (χ1n) is 7.15. The quantitative estimate of drug-likeness (QED) is 0.928. The van der Waals surface area contributed by atoms with Crippen molar-refractivity contribution in [2.45, 2.75) is 12.8 Å². The Balaban J connectivity index is 1.61. The number of nitrogens with zero attached hydrogens (tertiary/aromatic N) is 1. The van der Waals surface area contributed by atoms with Gasteiger partial charge in [0, 0.05) is 13.1 Å². The van der Waals surface area contributed by atoms with Gasteiger partial charge in [-0.15, -0.1) is 0 Å². The molecule has 0 bridgehead atoms. The van der Waals surface area contributed by atoms with E-state index in [-0.39, 0.29) is 5.92 Å². The lowest BCUT2D eigenvalue weighted by Gasteiger charge is -2.15. The van der Waals surface area contributed by atoms with Crippen LogP contribution in [0.1, 0.15) is 12.0 Å². The van der Waals surface area contributed by atoms with Crippen LogP contribution in [0, 0.1) is 5.92 Å². The highest BCUT2D eigenvalue weighted by Crippen LogP contribution is 2.19. The average molecular weight is 269 g/mol. The van der Waals surface area contributed by atoms with Gasteiger partial charge in [-0.1, -0.05) is 42.5 Å². The highest BCUT2D eigenvalue weighted by atomic mass is 16.4. The fraction of sp³-hybridized carbons (Fsp3) is 0.353. The third kappa shape index (κ3) is 2.83. The Labute approximate surface area is 118 Å². The molecule has 2 aromatic carbocycles. The molecule has 1 unspecified atom stereocenters. The van der Waals surface area contributed by atoms with E-state index in [0.29, 0.717) is 6.54 Å². The van der Waals surface area contributed by atoms with Crippen LogP contribution in [-0.4, -0.2) is 35.6 Å². The molecule has 20 heavy (non-hydrogen) atoms. The van der Waals surface area contributed by atoms with Crippen LogP contribution in [0.2, 0.25) is 0 Å². The molecule has 1 heterocycles. The standard InChI is InChI=1S/C17H19NO2/c19-17(20)16-8-10-18(12-16)9-7-13-5-6-14-3-1-2-4-15(14)11-13/h1-6,11,16H,7-10,12H2,(H,19,20). The molecule has 1 aliphatic rings. The Hall–Kier alpha value is -1.87. The van der Waals surface area contributed by atoms with E-state index in [9.17, 15) is 4.79 Å². The number of benzene rings is 2. The van der Waals surface area contributed by atoms with E-state index >= 15 is 0 Å². The molecule has 104 valence electrons. The lowest BCUT2D eigenvalue weighted by molar-refractivity contribution is -0.141. The molecule has 1 saturated heterocycles. The van der Waals surface area contributed by atoms with Gasteiger partial charge in [0.1, 0.15) is 0 Å². The molecular weight excluding hydrogens is 250 g/mol. The predicted octanol–water partition coefficient (Wildman–Crippen LogP) is 2.79. The van der Waals surface area contributed by atoms with Crippen LogP contribution in [0.5, 0.6) is 0 Å². The van der Waals surface area contributed by atoms with E-state index in [2.05, 4.69) is 47.4 Å². The van der Waals surface area contributed by atoms with Crippen LogP contribution in [0.15, 0.2) is 42.5 Å². The first-order valence-corrected chi connectivity index (χ1v) is 7.15. The minimum absolute atomic E-state index is 0.174. The number of carboxylic acid groups (broad SMARTS) is 1. The smallest absolute Gasteiger partial charge is 0.307 e. The van der Waals surface area contributed by atoms with Crippen molar-refractivity contribution in [2.75, 3.05) is 19.6 Å². The van der Waals surface area contributed by atoms with Gasteiger partial charge in [-0.3, -0.25) is 4.79 Å². The molecule has 0 radical (unpaired) electrons. The van der Waals surface area contributed by atoms with E-state index in [1.165, 1.54) is 16.3 Å². The Kier molecular flexibility index (Phi) is 3.70. The second kappa shape index (κ2) is 5.63. The maximum absolute atomic E-state index is 10.9. The first kappa shape index (κ1) is 13.1. The minimum Gasteiger partial charge on any atom is -0.481 e. The van der Waals surface area contributed by atoms with Gasteiger partial charge < -0.3 is 10.0 Å². The summed E-state index contributed by atoms with van der Waals surface area (Å²) in [6.45, 7) is 2.55. The van der Waals surface area contributed by atoms with Gasteiger partial charge in [0.25, 0.3) is 0 Å². The molecule has 3 heteroatoms. The molecule has 0 saturated carbocycles. The van der Waals surface area contributed by atoms with Crippen molar-refractivity contribution in [2.24, 2.45) is 5.92 Å². The van der Waals surface area contributed by atoms with Gasteiger partial charge in [0.15, 0.2) is 0 Å². The largest absolute Gasteiger partial charge is 0.481 e. The SMILES string of the molecule is O=C(O)C1CCN(CCc2ccc3ccccc3c2)C1. The second-order valence-corrected chi connectivity index (χ2v) is 5.56. The van der Waals surface area contributed by atoms with Crippen molar-refractivity contribution < 1.29 is 9.90 Å². The fourth-order valence-corrected chi connectivity index (χ4v) is 2.92. The van der Waals surface area contributed by atoms with Gasteiger partial charge in [0.05, 0.1) is 5.92 Å². The molecule has 0 aliphatic carbocycles. The summed E-state index contributed by atoms with van der Waals surface area (Å²) in [4.78, 5) is 13.2. The average Bonchev–Trinajstić information content (AvgIpc) is 2.94. The van der Waals surface area contributed by atoms with Crippen molar-refractivity contribution in [3.05, 3.63) is 48.0 Å². The Morgan fingerprint density at radius 2 is 2.00 bits per heavy atom. The summed E-state index contributed by atoms with van der Waals surface area (Å²) in [5.74, 6) is -0.829. The first-order chi connectivity index (χ1) is 9.72. The molecule has 3 nitrogen and oxygen atoms in total. The summed E-state index contributed by atoms with van der Waals surface area (Å²) in [7, 11) is 0. The second-order valence-electron chi connectivity index (χ2n) is 5.56. The third-order valence-electron chi connectivity index (χ3n) is 4.15. The minimum atomic E-state index is -0.654. The molecule has 0 spiro atoms. The molecule has 3 rings (SSSR count). The van der Waals surface area contributed by atoms with E-state index in [1.807, 2.05) is 0 Å². The number of carboxylic acids is 1. The lowest BCUT2D eigenvalue weighted by atomic mass is 10.1. The molecule has 2 aromatic rings. The topological polar surface area (TPSA) is 40.5 Å². The van der Waals surface area contributed by atoms with E-state index < -0.39 is 5.97 Å². The molecule has 0 amide bonds. The number of hydrogen-bond acceptors (Lipinski definition) is 2. The van der Waals surface area contributed by atoms with Crippen molar-refractivity contribution >= 4 is 16.7 Å². The fourth-order valence-electron chi connectivity index (χ4n) is 2.92. The number of likely N-dealkylation sites (tertiary alicyclic amines) is 1. The zero-order valence-corrected chi connectivity index (χ0v) is 11.5. The maximum atomic E-state index is 10.9. The molecule has 1 fully saturated rings. The zero-order valence-electron chi connectivity index (χ0n) is 11.5. The monoisotopic (exact) mass is 269 g/mol. The van der Waals surface area contributed by atoms with Crippen LogP contribution in [0.3, 0.4) is 0 Å². The van der Waals surface area contributed by atoms with Crippen LogP contribution < -0.4 is 0 Å². The Morgan fingerprint density at radius 1 is 1.20 bits per heavy atom. The van der Waals surface area contributed by atoms with Crippen molar-refractivity contribution in [3.8, 4) is 0 Å². The van der Waals surface area contributed by atoms with Gasteiger partial charge in [-0.05, 0) is 35.7 Å². The van der Waals surface area contributed by atoms with E-state index in [4.69, 9.17) is 5.11 Å². The lowest BCUT2D eigenvalue weighted by Crippen LogP contribution is -2.25. The van der Waals surface area contributed by atoms with Gasteiger partial charge in [0.2, 0.25) is 0 Å². The zero-order chi connectivity index (χ0) is 13.9. The highest BCUT2D eigenvalue weighted by Gasteiger charge is 2.27. The Morgan fingerprint density at radius 3 is 2.75 bits per heavy atom. The molecular formula is C17H19NO2. The normalized spacial score (nSPS) is 19.5. The highest BCUT2D eigenvalue weighted by molar-refractivity contribution is 5.82. The molecule has 1 aliphatic heterocycles. The maximum Gasteiger partial charge on any atom is 0.307 e. The summed E-state index contributed by atoms with van der Waals surface area (Å²) in [6, 6.07) is 14.9. The number of aliphatic carboxylic acids is 1. The van der Waals surface area contributed by atoms with Crippen LogP contribution in [0.4, 0.5) is 0 Å². The van der Waals surface area contributed by atoms with Gasteiger partial charge in [-0.2, -0.15) is 0 Å². The molecule has 0 aromatic heterocycles. The van der Waals surface area contributed by atoms with Gasteiger partial charge in [-0.25, -0.2) is 0 Å².